The van der Waals surface area contributed by atoms with Gasteiger partial charge in [-0.25, -0.2) is 13.2 Å². The molecule has 0 spiro atoms. The Morgan fingerprint density at radius 3 is 2.27 bits per heavy atom. The average molecular weight is 783 g/mol. The van der Waals surface area contributed by atoms with Crippen molar-refractivity contribution in [3.63, 3.8) is 0 Å². The number of piperazine rings is 1. The average Bonchev–Trinajstić information content (AvgIpc) is 3.83. The Bertz CT molecular complexity index is 1690. The van der Waals surface area contributed by atoms with E-state index in [1.165, 1.54) is 21.4 Å². The van der Waals surface area contributed by atoms with Gasteiger partial charge in [0.2, 0.25) is 10.0 Å². The molecule has 0 radical (unpaired) electrons. The molecule has 302 valence electrons. The van der Waals surface area contributed by atoms with Gasteiger partial charge in [0.05, 0.1) is 17.4 Å². The summed E-state index contributed by atoms with van der Waals surface area (Å²) < 4.78 is 40.0. The van der Waals surface area contributed by atoms with Gasteiger partial charge >= 0.3 is 12.1 Å². The number of imide groups is 1. The van der Waals surface area contributed by atoms with Crippen molar-refractivity contribution in [1.82, 2.24) is 19.0 Å². The molecule has 5 atom stereocenters. The predicted octanol–water partition coefficient (Wildman–Crippen LogP) is 4.77. The van der Waals surface area contributed by atoms with E-state index in [0.717, 1.165) is 58.2 Å². The number of hydrogen-bond donors (Lipinski definition) is 1. The van der Waals surface area contributed by atoms with E-state index in [9.17, 15) is 32.7 Å². The van der Waals surface area contributed by atoms with E-state index in [4.69, 9.17) is 9.47 Å². The molecular formula is C41H58N4O9S. The molecular weight excluding hydrogens is 725 g/mol. The Balaban J connectivity index is 1.16. The molecule has 0 aliphatic carbocycles. The number of unbranched alkanes of at least 4 members (excludes halogenated alkanes) is 3. The first-order valence-corrected chi connectivity index (χ1v) is 21.3. The number of aliphatic hydroxyl groups excluding tert-OH is 1. The van der Waals surface area contributed by atoms with Gasteiger partial charge < -0.3 is 19.5 Å². The zero-order valence-electron chi connectivity index (χ0n) is 32.5. The largest absolute Gasteiger partial charge is 0.457 e. The lowest BCUT2D eigenvalue weighted by Gasteiger charge is -2.35. The molecule has 55 heavy (non-hydrogen) atoms. The normalized spacial score (nSPS) is 27.2. The van der Waals surface area contributed by atoms with Gasteiger partial charge in [-0.3, -0.25) is 24.2 Å². The summed E-state index contributed by atoms with van der Waals surface area (Å²) in [5.74, 6) is -1.43. The summed E-state index contributed by atoms with van der Waals surface area (Å²) in [6.45, 7) is 10.7. The highest BCUT2D eigenvalue weighted by atomic mass is 32.2. The molecule has 5 rings (SSSR count). The van der Waals surface area contributed by atoms with E-state index >= 15 is 0 Å². The van der Waals surface area contributed by atoms with Crippen molar-refractivity contribution in [3.05, 3.63) is 59.7 Å². The van der Waals surface area contributed by atoms with E-state index in [1.54, 1.807) is 23.1 Å². The van der Waals surface area contributed by atoms with Crippen LogP contribution in [-0.4, -0.2) is 127 Å². The van der Waals surface area contributed by atoms with Crippen molar-refractivity contribution in [1.29, 1.82) is 0 Å². The van der Waals surface area contributed by atoms with E-state index in [2.05, 4.69) is 4.90 Å². The molecule has 0 bridgehead atoms. The lowest BCUT2D eigenvalue weighted by atomic mass is 9.91. The number of carbonyl (C=O) groups is 4. The number of amides is 3. The summed E-state index contributed by atoms with van der Waals surface area (Å²) in [6, 6.07) is 6.77. The van der Waals surface area contributed by atoms with Gasteiger partial charge in [0, 0.05) is 63.9 Å². The highest BCUT2D eigenvalue weighted by molar-refractivity contribution is 7.89. The maximum atomic E-state index is 13.4. The summed E-state index contributed by atoms with van der Waals surface area (Å²) in [4.78, 5) is 55.4. The number of cyclic esters (lactones) is 1. The van der Waals surface area contributed by atoms with Crippen LogP contribution in [0.1, 0.15) is 84.1 Å². The van der Waals surface area contributed by atoms with Gasteiger partial charge in [-0.15, -0.1) is 0 Å². The Morgan fingerprint density at radius 1 is 0.909 bits per heavy atom. The quantitative estimate of drug-likeness (QED) is 0.136. The molecule has 14 heteroatoms. The van der Waals surface area contributed by atoms with E-state index in [0.29, 0.717) is 56.7 Å². The van der Waals surface area contributed by atoms with E-state index in [1.807, 2.05) is 45.1 Å². The van der Waals surface area contributed by atoms with Crippen LogP contribution in [0.3, 0.4) is 0 Å². The summed E-state index contributed by atoms with van der Waals surface area (Å²) in [7, 11) is -3.61. The fourth-order valence-corrected chi connectivity index (χ4v) is 9.16. The monoisotopic (exact) mass is 782 g/mol. The molecule has 0 aromatic heterocycles. The number of aliphatic hydroxyl groups is 1. The van der Waals surface area contributed by atoms with Crippen molar-refractivity contribution in [2.75, 3.05) is 52.4 Å². The molecule has 1 aromatic rings. The highest BCUT2D eigenvalue weighted by Gasteiger charge is 2.31. The van der Waals surface area contributed by atoms with Crippen LogP contribution in [0.15, 0.2) is 59.0 Å². The number of esters is 1. The first-order chi connectivity index (χ1) is 26.3. The standard InChI is InChI=1S/C41H58N4O9S/c1-30-13-15-34(46)29-39(49)54-40(32(3)27-33-11-10-12-35(28-33)55(51,52)44-20-8-9-21-44)31(2)14-16-36(30)53-41(50)43-25-23-42(24-26-43)19-6-4-5-7-22-45-37(47)17-18-38(45)48/h10-12,14,16-18,27-28,30-31,34,36,40,46H,4-9,13,15,19-26,29H2,1-3H3/b16-14-,32-27+/t30-,31-,34+,36-,40-/m0/s1. The van der Waals surface area contributed by atoms with Crippen LogP contribution >= 0.6 is 0 Å². The number of sulfonamides is 1. The minimum Gasteiger partial charge on any atom is -0.457 e. The van der Waals surface area contributed by atoms with Gasteiger partial charge in [-0.2, -0.15) is 4.31 Å². The lowest BCUT2D eigenvalue weighted by molar-refractivity contribution is -0.151. The Morgan fingerprint density at radius 2 is 1.58 bits per heavy atom. The van der Waals surface area contributed by atoms with Gasteiger partial charge in [0.15, 0.2) is 0 Å². The molecule has 0 unspecified atom stereocenters. The molecule has 4 heterocycles. The van der Waals surface area contributed by atoms with E-state index < -0.39 is 34.3 Å². The molecule has 13 nitrogen and oxygen atoms in total. The SMILES string of the molecule is C/C(=C\c1cccc(S(=O)(=O)N2CCCC2)c1)[C@H]1OC(=O)C[C@H](O)CC[C@H](C)[C@@H](OC(=O)N2CCN(CCCCCCN3C(=O)C=CC3=O)CC2)/C=C\[C@@H]1C. The third-order valence-electron chi connectivity index (χ3n) is 11.0. The van der Waals surface area contributed by atoms with Gasteiger partial charge in [0.25, 0.3) is 11.8 Å². The molecule has 1 aromatic carbocycles. The van der Waals surface area contributed by atoms with Crippen molar-refractivity contribution in [2.45, 2.75) is 102 Å². The van der Waals surface area contributed by atoms with Crippen LogP contribution in [0.4, 0.5) is 4.79 Å². The van der Waals surface area contributed by atoms with Crippen LogP contribution in [-0.2, 0) is 33.9 Å². The number of rotatable bonds is 12. The molecule has 2 saturated heterocycles. The fraction of sp³-hybridized carbons (Fsp3) is 0.610. The van der Waals surface area contributed by atoms with Gasteiger partial charge in [-0.05, 0) is 87.3 Å². The van der Waals surface area contributed by atoms with E-state index in [-0.39, 0.29) is 41.1 Å². The van der Waals surface area contributed by atoms with Crippen molar-refractivity contribution >= 4 is 40.0 Å². The fourth-order valence-electron chi connectivity index (χ4n) is 7.59. The molecule has 3 amide bonds. The predicted molar refractivity (Wildman–Crippen MR) is 208 cm³/mol. The summed E-state index contributed by atoms with van der Waals surface area (Å²) >= 11 is 0. The minimum atomic E-state index is -3.61. The Labute approximate surface area is 326 Å². The minimum absolute atomic E-state index is 0.118. The molecule has 0 saturated carbocycles. The van der Waals surface area contributed by atoms with Crippen LogP contribution < -0.4 is 0 Å². The zero-order valence-corrected chi connectivity index (χ0v) is 33.3. The van der Waals surface area contributed by atoms with Crippen LogP contribution in [0.2, 0.25) is 0 Å². The van der Waals surface area contributed by atoms with Crippen LogP contribution in [0.5, 0.6) is 0 Å². The summed E-state index contributed by atoms with van der Waals surface area (Å²) in [5, 5.41) is 10.7. The highest BCUT2D eigenvalue weighted by Crippen LogP contribution is 2.27. The first kappa shape index (κ1) is 42.3. The van der Waals surface area contributed by atoms with Crippen molar-refractivity contribution in [2.24, 2.45) is 11.8 Å². The second-order valence-electron chi connectivity index (χ2n) is 15.4. The third-order valence-corrected chi connectivity index (χ3v) is 12.9. The Kier molecular flexibility index (Phi) is 15.3. The number of hydrogen-bond acceptors (Lipinski definition) is 10. The van der Waals surface area contributed by atoms with Crippen molar-refractivity contribution in [3.8, 4) is 0 Å². The molecule has 2 fully saturated rings. The molecule has 4 aliphatic rings. The number of carbonyl (C=O) groups excluding carboxylic acids is 4. The molecule has 1 N–H and O–H groups in total. The van der Waals surface area contributed by atoms with Crippen molar-refractivity contribution < 1.29 is 42.2 Å². The smallest absolute Gasteiger partial charge is 0.410 e. The second kappa shape index (κ2) is 19.8. The summed E-state index contributed by atoms with van der Waals surface area (Å²) in [5.41, 5.74) is 1.37. The van der Waals surface area contributed by atoms with Crippen LogP contribution in [0, 0.1) is 11.8 Å². The number of nitrogens with zero attached hydrogens (tertiary/aromatic N) is 4. The topological polar surface area (TPSA) is 154 Å². The van der Waals surface area contributed by atoms with Gasteiger partial charge in [0.1, 0.15) is 12.2 Å². The second-order valence-corrected chi connectivity index (χ2v) is 17.3. The third kappa shape index (κ3) is 11.8. The molecule has 4 aliphatic heterocycles. The summed E-state index contributed by atoms with van der Waals surface area (Å²) in [6.07, 6.45) is 11.8. The van der Waals surface area contributed by atoms with Gasteiger partial charge in [-0.1, -0.05) is 51.0 Å². The number of benzene rings is 1. The first-order valence-electron chi connectivity index (χ1n) is 19.9. The Hall–Kier alpha value is -3.85. The number of ether oxygens (including phenoxy) is 2. The lowest BCUT2D eigenvalue weighted by Crippen LogP contribution is -2.49. The zero-order chi connectivity index (χ0) is 39.5. The maximum Gasteiger partial charge on any atom is 0.410 e. The van der Waals surface area contributed by atoms with Crippen LogP contribution in [0.25, 0.3) is 6.08 Å². The maximum absolute atomic E-state index is 13.4.